The van der Waals surface area contributed by atoms with E-state index in [0.29, 0.717) is 23.7 Å². The molecule has 26 heavy (non-hydrogen) atoms. The number of rotatable bonds is 9. The first kappa shape index (κ1) is 20.3. The minimum Gasteiger partial charge on any atom is -0.495 e. The summed E-state index contributed by atoms with van der Waals surface area (Å²) in [5.41, 5.74) is 1.52. The molecule has 0 atom stereocenters. The van der Waals surface area contributed by atoms with Crippen LogP contribution in [0.2, 0.25) is 0 Å². The van der Waals surface area contributed by atoms with E-state index >= 15 is 0 Å². The Labute approximate surface area is 158 Å². The first-order valence-electron chi connectivity index (χ1n) is 7.99. The summed E-state index contributed by atoms with van der Waals surface area (Å²) < 4.78 is 32.6. The van der Waals surface area contributed by atoms with Gasteiger partial charge in [-0.2, -0.15) is 11.8 Å². The van der Waals surface area contributed by atoms with Crippen molar-refractivity contribution in [1.82, 2.24) is 4.72 Å². The fourth-order valence-corrected chi connectivity index (χ4v) is 4.24. The largest absolute Gasteiger partial charge is 0.495 e. The lowest BCUT2D eigenvalue weighted by Gasteiger charge is -2.12. The molecule has 2 aromatic carbocycles. The number of benzene rings is 2. The van der Waals surface area contributed by atoms with E-state index in [2.05, 4.69) is 10.0 Å². The molecule has 0 radical (unpaired) electrons. The van der Waals surface area contributed by atoms with Crippen molar-refractivity contribution in [2.45, 2.75) is 17.6 Å². The number of methoxy groups -OCH3 is 1. The predicted octanol–water partition coefficient (Wildman–Crippen LogP) is 2.87. The number of carbonyl (C=O) groups excluding carboxylic acids is 1. The second-order valence-electron chi connectivity index (χ2n) is 5.48. The van der Waals surface area contributed by atoms with Crippen LogP contribution in [0.5, 0.6) is 5.75 Å². The zero-order valence-corrected chi connectivity index (χ0v) is 16.3. The molecule has 2 N–H and O–H groups in total. The summed E-state index contributed by atoms with van der Waals surface area (Å²) >= 11 is 1.66. The number of hydrogen-bond donors (Lipinski definition) is 2. The van der Waals surface area contributed by atoms with Crippen LogP contribution in [0.4, 0.5) is 5.69 Å². The summed E-state index contributed by atoms with van der Waals surface area (Å²) in [6.45, 7) is 1.67. The van der Waals surface area contributed by atoms with Crippen LogP contribution in [0.15, 0.2) is 53.4 Å². The summed E-state index contributed by atoms with van der Waals surface area (Å²) in [7, 11) is -2.20. The van der Waals surface area contributed by atoms with Gasteiger partial charge in [0.15, 0.2) is 0 Å². The summed E-state index contributed by atoms with van der Waals surface area (Å²) in [5.74, 6) is 1.58. The molecule has 140 valence electrons. The highest BCUT2D eigenvalue weighted by atomic mass is 32.2. The lowest BCUT2D eigenvalue weighted by atomic mass is 10.2. The molecular weight excluding hydrogens is 372 g/mol. The van der Waals surface area contributed by atoms with Gasteiger partial charge >= 0.3 is 0 Å². The van der Waals surface area contributed by atoms with Gasteiger partial charge in [0.25, 0.3) is 0 Å². The standard InChI is InChI=1S/C18H22N2O4S2/c1-14(21)20-17-12-16(8-9-18(17)24-2)26(22,23)19-10-11-25-13-15-6-4-3-5-7-15/h3-9,12,19H,10-11,13H2,1-2H3,(H,20,21). The van der Waals surface area contributed by atoms with Crippen LogP contribution >= 0.6 is 11.8 Å². The molecule has 0 spiro atoms. The highest BCUT2D eigenvalue weighted by molar-refractivity contribution is 7.98. The van der Waals surface area contributed by atoms with E-state index in [1.165, 1.54) is 37.8 Å². The van der Waals surface area contributed by atoms with Crippen LogP contribution in [-0.2, 0) is 20.6 Å². The predicted molar refractivity (Wildman–Crippen MR) is 105 cm³/mol. The van der Waals surface area contributed by atoms with E-state index in [0.717, 1.165) is 5.75 Å². The Bertz CT molecular complexity index is 840. The van der Waals surface area contributed by atoms with E-state index < -0.39 is 10.0 Å². The van der Waals surface area contributed by atoms with Crippen LogP contribution in [-0.4, -0.2) is 33.7 Å². The lowest BCUT2D eigenvalue weighted by molar-refractivity contribution is -0.114. The third kappa shape index (κ3) is 6.05. The van der Waals surface area contributed by atoms with Crippen molar-refractivity contribution in [3.8, 4) is 5.75 Å². The SMILES string of the molecule is COc1ccc(S(=O)(=O)NCCSCc2ccccc2)cc1NC(C)=O. The van der Waals surface area contributed by atoms with Gasteiger partial charge in [-0.05, 0) is 23.8 Å². The van der Waals surface area contributed by atoms with E-state index in [-0.39, 0.29) is 10.8 Å². The Morgan fingerprint density at radius 3 is 2.54 bits per heavy atom. The minimum absolute atomic E-state index is 0.0788. The van der Waals surface area contributed by atoms with Gasteiger partial charge in [-0.3, -0.25) is 4.79 Å². The van der Waals surface area contributed by atoms with Crippen LogP contribution in [0.1, 0.15) is 12.5 Å². The second kappa shape index (κ2) is 9.61. The van der Waals surface area contributed by atoms with Crippen molar-refractivity contribution in [1.29, 1.82) is 0 Å². The molecule has 1 amide bonds. The monoisotopic (exact) mass is 394 g/mol. The molecule has 0 heterocycles. The average Bonchev–Trinajstić information content (AvgIpc) is 2.61. The zero-order chi connectivity index (χ0) is 19.0. The average molecular weight is 395 g/mol. The Balaban J connectivity index is 1.93. The third-order valence-corrected chi connectivity index (χ3v) is 5.93. The first-order valence-corrected chi connectivity index (χ1v) is 10.6. The third-order valence-electron chi connectivity index (χ3n) is 3.44. The Morgan fingerprint density at radius 1 is 1.15 bits per heavy atom. The maximum Gasteiger partial charge on any atom is 0.240 e. The number of thioether (sulfide) groups is 1. The normalized spacial score (nSPS) is 11.2. The molecule has 6 nitrogen and oxygen atoms in total. The zero-order valence-electron chi connectivity index (χ0n) is 14.7. The van der Waals surface area contributed by atoms with Gasteiger partial charge in [-0.25, -0.2) is 13.1 Å². The first-order chi connectivity index (χ1) is 12.4. The molecule has 0 saturated carbocycles. The Kier molecular flexibility index (Phi) is 7.50. The summed E-state index contributed by atoms with van der Waals surface area (Å²) in [4.78, 5) is 11.3. The van der Waals surface area contributed by atoms with Gasteiger partial charge in [-0.1, -0.05) is 30.3 Å². The molecule has 8 heteroatoms. The maximum absolute atomic E-state index is 12.4. The summed E-state index contributed by atoms with van der Waals surface area (Å²) in [6, 6.07) is 14.4. The molecule has 0 bridgehead atoms. The van der Waals surface area contributed by atoms with Crippen molar-refractivity contribution in [3.05, 3.63) is 54.1 Å². The van der Waals surface area contributed by atoms with E-state index in [9.17, 15) is 13.2 Å². The number of nitrogens with one attached hydrogen (secondary N) is 2. The van der Waals surface area contributed by atoms with Crippen LogP contribution in [0.3, 0.4) is 0 Å². The molecule has 2 rings (SSSR count). The number of sulfonamides is 1. The maximum atomic E-state index is 12.4. The van der Waals surface area contributed by atoms with Gasteiger partial charge in [-0.15, -0.1) is 0 Å². The lowest BCUT2D eigenvalue weighted by Crippen LogP contribution is -2.26. The topological polar surface area (TPSA) is 84.5 Å². The van der Waals surface area contributed by atoms with Gasteiger partial charge in [0.05, 0.1) is 17.7 Å². The number of hydrogen-bond acceptors (Lipinski definition) is 5. The molecule has 0 aliphatic heterocycles. The molecule has 0 saturated heterocycles. The molecule has 0 fully saturated rings. The quantitative estimate of drug-likeness (QED) is 0.639. The van der Waals surface area contributed by atoms with Gasteiger partial charge in [0, 0.05) is 25.0 Å². The number of carbonyl (C=O) groups is 1. The molecule has 0 aromatic heterocycles. The minimum atomic E-state index is -3.66. The van der Waals surface area contributed by atoms with Crippen LogP contribution in [0, 0.1) is 0 Å². The Morgan fingerprint density at radius 2 is 1.88 bits per heavy atom. The van der Waals surface area contributed by atoms with Crippen molar-refractivity contribution < 1.29 is 17.9 Å². The van der Waals surface area contributed by atoms with E-state index in [1.807, 2.05) is 30.3 Å². The molecule has 2 aromatic rings. The molecule has 0 aliphatic rings. The summed E-state index contributed by atoms with van der Waals surface area (Å²) in [6.07, 6.45) is 0. The number of anilines is 1. The van der Waals surface area contributed by atoms with Gasteiger partial charge in [0.1, 0.15) is 5.75 Å². The van der Waals surface area contributed by atoms with Crippen LogP contribution in [0.25, 0.3) is 0 Å². The Hall–Kier alpha value is -2.03. The van der Waals surface area contributed by atoms with E-state index in [4.69, 9.17) is 4.74 Å². The van der Waals surface area contributed by atoms with Crippen molar-refractivity contribution in [2.75, 3.05) is 24.7 Å². The van der Waals surface area contributed by atoms with Crippen molar-refractivity contribution in [2.24, 2.45) is 0 Å². The summed E-state index contributed by atoms with van der Waals surface area (Å²) in [5, 5.41) is 2.57. The number of amides is 1. The van der Waals surface area contributed by atoms with Gasteiger partial charge in [0.2, 0.25) is 15.9 Å². The highest BCUT2D eigenvalue weighted by Crippen LogP contribution is 2.27. The fourth-order valence-electron chi connectivity index (χ4n) is 2.24. The van der Waals surface area contributed by atoms with Crippen molar-refractivity contribution in [3.63, 3.8) is 0 Å². The fraction of sp³-hybridized carbons (Fsp3) is 0.278. The van der Waals surface area contributed by atoms with Crippen molar-refractivity contribution >= 4 is 33.4 Å². The highest BCUT2D eigenvalue weighted by Gasteiger charge is 2.16. The smallest absolute Gasteiger partial charge is 0.240 e. The second-order valence-corrected chi connectivity index (χ2v) is 8.35. The van der Waals surface area contributed by atoms with Crippen LogP contribution < -0.4 is 14.8 Å². The molecule has 0 aliphatic carbocycles. The molecular formula is C18H22N2O4S2. The number of ether oxygens (including phenoxy) is 1. The van der Waals surface area contributed by atoms with Gasteiger partial charge < -0.3 is 10.1 Å². The molecule has 0 unspecified atom stereocenters. The van der Waals surface area contributed by atoms with E-state index in [1.54, 1.807) is 11.8 Å².